The second-order valence-corrected chi connectivity index (χ2v) is 4.90. The molecule has 0 aromatic heterocycles. The summed E-state index contributed by atoms with van der Waals surface area (Å²) >= 11 is 0. The molecule has 0 unspecified atom stereocenters. The third kappa shape index (κ3) is 3.11. The van der Waals surface area contributed by atoms with Crippen LogP contribution in [0.5, 0.6) is 11.5 Å². The van der Waals surface area contributed by atoms with Crippen molar-refractivity contribution in [1.29, 1.82) is 0 Å². The Bertz CT molecular complexity index is 539. The average Bonchev–Trinajstić information content (AvgIpc) is 2.46. The number of hydrogen-bond acceptors (Lipinski definition) is 3. The van der Waals surface area contributed by atoms with Crippen LogP contribution in [0.4, 0.5) is 0 Å². The second kappa shape index (κ2) is 6.44. The molecule has 0 spiro atoms. The van der Waals surface area contributed by atoms with E-state index in [1.54, 1.807) is 14.2 Å². The third-order valence-corrected chi connectivity index (χ3v) is 3.07. The number of ether oxygens (including phenoxy) is 2. The molecule has 0 aliphatic carbocycles. The minimum atomic E-state index is 0.826. The quantitative estimate of drug-likeness (QED) is 0.832. The lowest BCUT2D eigenvalue weighted by Gasteiger charge is -2.17. The van der Waals surface area contributed by atoms with Crippen molar-refractivity contribution in [2.75, 3.05) is 28.3 Å². The highest BCUT2D eigenvalue weighted by atomic mass is 16.5. The molecule has 0 saturated carbocycles. The van der Waals surface area contributed by atoms with E-state index in [2.05, 4.69) is 23.1 Å². The summed E-state index contributed by atoms with van der Waals surface area (Å²) in [6.07, 6.45) is 0. The standard InChI is InChI=1S/C17H20NO2/c1-18(2)12-13-10-15(19-3)17(16(11-13)20-4)14-8-6-5-7-9-14/h6-11H,12H2,1-4H3. The fourth-order valence-electron chi connectivity index (χ4n) is 2.26. The highest BCUT2D eigenvalue weighted by Crippen LogP contribution is 2.39. The molecule has 2 aromatic rings. The van der Waals surface area contributed by atoms with Gasteiger partial charge in [-0.1, -0.05) is 24.3 Å². The molecule has 0 amide bonds. The summed E-state index contributed by atoms with van der Waals surface area (Å²) in [4.78, 5) is 2.12. The van der Waals surface area contributed by atoms with Crippen molar-refractivity contribution in [1.82, 2.24) is 4.90 Å². The van der Waals surface area contributed by atoms with Gasteiger partial charge >= 0.3 is 0 Å². The lowest BCUT2D eigenvalue weighted by atomic mass is 10.0. The largest absolute Gasteiger partial charge is 0.496 e. The van der Waals surface area contributed by atoms with Crippen LogP contribution < -0.4 is 9.47 Å². The van der Waals surface area contributed by atoms with E-state index in [0.29, 0.717) is 0 Å². The molecule has 1 radical (unpaired) electrons. The highest BCUT2D eigenvalue weighted by molar-refractivity contribution is 5.77. The van der Waals surface area contributed by atoms with Gasteiger partial charge in [0.1, 0.15) is 11.5 Å². The first kappa shape index (κ1) is 14.4. The lowest BCUT2D eigenvalue weighted by Crippen LogP contribution is -2.11. The zero-order valence-electron chi connectivity index (χ0n) is 12.4. The van der Waals surface area contributed by atoms with Crippen LogP contribution in [0.2, 0.25) is 0 Å². The van der Waals surface area contributed by atoms with Crippen LogP contribution in [0.3, 0.4) is 0 Å². The van der Waals surface area contributed by atoms with Gasteiger partial charge in [0.25, 0.3) is 0 Å². The topological polar surface area (TPSA) is 21.7 Å². The summed E-state index contributed by atoms with van der Waals surface area (Å²) in [5.74, 6) is 1.65. The summed E-state index contributed by atoms with van der Waals surface area (Å²) in [6, 6.07) is 14.9. The van der Waals surface area contributed by atoms with Crippen molar-refractivity contribution in [3.05, 3.63) is 48.0 Å². The van der Waals surface area contributed by atoms with Crippen LogP contribution in [0, 0.1) is 6.07 Å². The van der Waals surface area contributed by atoms with Crippen molar-refractivity contribution in [2.24, 2.45) is 0 Å². The van der Waals surface area contributed by atoms with E-state index in [1.807, 2.05) is 38.4 Å². The SMILES string of the molecule is COc1cc(CN(C)C)cc(OC)c1-c1cc[c]cc1. The van der Waals surface area contributed by atoms with Crippen LogP contribution in [0.25, 0.3) is 11.1 Å². The molecule has 0 N–H and O–H groups in total. The maximum atomic E-state index is 5.56. The zero-order chi connectivity index (χ0) is 14.5. The first-order valence-corrected chi connectivity index (χ1v) is 6.52. The molecule has 0 aliphatic heterocycles. The van der Waals surface area contributed by atoms with Crippen molar-refractivity contribution >= 4 is 0 Å². The molecular formula is C17H20NO2. The minimum Gasteiger partial charge on any atom is -0.496 e. The Balaban J connectivity index is 2.55. The van der Waals surface area contributed by atoms with Crippen molar-refractivity contribution in [3.63, 3.8) is 0 Å². The number of rotatable bonds is 5. The van der Waals surface area contributed by atoms with Crippen molar-refractivity contribution < 1.29 is 9.47 Å². The van der Waals surface area contributed by atoms with Gasteiger partial charge in [-0.3, -0.25) is 0 Å². The Morgan fingerprint density at radius 1 is 1.00 bits per heavy atom. The van der Waals surface area contributed by atoms with Gasteiger partial charge in [0.05, 0.1) is 19.8 Å². The van der Waals surface area contributed by atoms with E-state index in [4.69, 9.17) is 9.47 Å². The molecule has 3 nitrogen and oxygen atoms in total. The van der Waals surface area contributed by atoms with Gasteiger partial charge in [-0.15, -0.1) is 0 Å². The van der Waals surface area contributed by atoms with Gasteiger partial charge in [-0.2, -0.15) is 0 Å². The third-order valence-electron chi connectivity index (χ3n) is 3.07. The fourth-order valence-corrected chi connectivity index (χ4v) is 2.26. The molecule has 0 fully saturated rings. The Morgan fingerprint density at radius 3 is 2.00 bits per heavy atom. The number of nitrogens with zero attached hydrogens (tertiary/aromatic N) is 1. The van der Waals surface area contributed by atoms with Gasteiger partial charge in [0, 0.05) is 6.54 Å². The van der Waals surface area contributed by atoms with Crippen LogP contribution in [-0.2, 0) is 6.54 Å². The van der Waals surface area contributed by atoms with Crippen LogP contribution in [0.1, 0.15) is 5.56 Å². The highest BCUT2D eigenvalue weighted by Gasteiger charge is 2.14. The molecule has 2 aromatic carbocycles. The zero-order valence-corrected chi connectivity index (χ0v) is 12.4. The van der Waals surface area contributed by atoms with E-state index in [0.717, 1.165) is 34.7 Å². The van der Waals surface area contributed by atoms with Crippen LogP contribution in [-0.4, -0.2) is 33.2 Å². The van der Waals surface area contributed by atoms with Crippen molar-refractivity contribution in [2.45, 2.75) is 6.54 Å². The van der Waals surface area contributed by atoms with Gasteiger partial charge in [0.2, 0.25) is 0 Å². The Morgan fingerprint density at radius 2 is 1.55 bits per heavy atom. The van der Waals surface area contributed by atoms with Gasteiger partial charge in [-0.05, 0) is 43.4 Å². The molecule has 0 bridgehead atoms. The molecule has 2 rings (SSSR count). The molecule has 105 valence electrons. The first-order valence-electron chi connectivity index (χ1n) is 6.52. The molecule has 3 heteroatoms. The number of benzene rings is 2. The molecule has 0 atom stereocenters. The maximum absolute atomic E-state index is 5.56. The normalized spacial score (nSPS) is 10.7. The molecule has 0 saturated heterocycles. The average molecular weight is 270 g/mol. The van der Waals surface area contributed by atoms with Crippen molar-refractivity contribution in [3.8, 4) is 22.6 Å². The second-order valence-electron chi connectivity index (χ2n) is 4.90. The minimum absolute atomic E-state index is 0.826. The first-order chi connectivity index (χ1) is 9.65. The predicted octanol–water partition coefficient (Wildman–Crippen LogP) is 3.23. The number of methoxy groups -OCH3 is 2. The van der Waals surface area contributed by atoms with Gasteiger partial charge in [-0.25, -0.2) is 0 Å². The lowest BCUT2D eigenvalue weighted by molar-refractivity contribution is 0.383. The fraction of sp³-hybridized carbons (Fsp3) is 0.294. The summed E-state index contributed by atoms with van der Waals surface area (Å²) in [7, 11) is 7.46. The summed E-state index contributed by atoms with van der Waals surface area (Å²) in [5.41, 5.74) is 3.20. The number of hydrogen-bond donors (Lipinski definition) is 0. The summed E-state index contributed by atoms with van der Waals surface area (Å²) in [6.45, 7) is 0.843. The Kier molecular flexibility index (Phi) is 4.64. The van der Waals surface area contributed by atoms with Crippen LogP contribution >= 0.6 is 0 Å². The monoisotopic (exact) mass is 270 g/mol. The van der Waals surface area contributed by atoms with E-state index in [1.165, 1.54) is 0 Å². The molecule has 0 aliphatic rings. The van der Waals surface area contributed by atoms with E-state index in [-0.39, 0.29) is 0 Å². The molecular weight excluding hydrogens is 250 g/mol. The predicted molar refractivity (Wildman–Crippen MR) is 81.2 cm³/mol. The Hall–Kier alpha value is -2.00. The maximum Gasteiger partial charge on any atom is 0.130 e. The van der Waals surface area contributed by atoms with Crippen LogP contribution in [0.15, 0.2) is 36.4 Å². The smallest absolute Gasteiger partial charge is 0.130 e. The summed E-state index contributed by atoms with van der Waals surface area (Å²) in [5, 5.41) is 0. The molecule has 0 heterocycles. The Labute approximate surface area is 120 Å². The van der Waals surface area contributed by atoms with E-state index >= 15 is 0 Å². The summed E-state index contributed by atoms with van der Waals surface area (Å²) < 4.78 is 11.1. The van der Waals surface area contributed by atoms with Gasteiger partial charge in [0.15, 0.2) is 0 Å². The van der Waals surface area contributed by atoms with E-state index < -0.39 is 0 Å². The van der Waals surface area contributed by atoms with E-state index in [9.17, 15) is 0 Å². The van der Waals surface area contributed by atoms with Gasteiger partial charge < -0.3 is 14.4 Å². The molecule has 20 heavy (non-hydrogen) atoms.